The van der Waals surface area contributed by atoms with Gasteiger partial charge in [-0.2, -0.15) is 0 Å². The first-order valence-corrected chi connectivity index (χ1v) is 10.4. The summed E-state index contributed by atoms with van der Waals surface area (Å²) in [5, 5.41) is 10.8. The highest BCUT2D eigenvalue weighted by Gasteiger charge is 2.18. The monoisotopic (exact) mass is 466 g/mol. The summed E-state index contributed by atoms with van der Waals surface area (Å²) in [6.07, 6.45) is 4.71. The van der Waals surface area contributed by atoms with Gasteiger partial charge in [-0.1, -0.05) is 11.6 Å². The van der Waals surface area contributed by atoms with Gasteiger partial charge in [0.2, 0.25) is 0 Å². The summed E-state index contributed by atoms with van der Waals surface area (Å²) in [6, 6.07) is 7.18. The van der Waals surface area contributed by atoms with Crippen molar-refractivity contribution in [1.29, 1.82) is 0 Å². The molecule has 0 spiro atoms. The molecular formula is C26H26O8. The van der Waals surface area contributed by atoms with Crippen molar-refractivity contribution in [3.8, 4) is 23.0 Å². The van der Waals surface area contributed by atoms with E-state index in [4.69, 9.17) is 14.2 Å². The first kappa shape index (κ1) is 26.1. The molecule has 0 aliphatic carbocycles. The van der Waals surface area contributed by atoms with Crippen LogP contribution < -0.4 is 14.2 Å². The van der Waals surface area contributed by atoms with E-state index in [1.165, 1.54) is 63.3 Å². The predicted octanol–water partition coefficient (Wildman–Crippen LogP) is 4.57. The molecule has 0 bridgehead atoms. The zero-order valence-corrected chi connectivity index (χ0v) is 19.6. The van der Waals surface area contributed by atoms with E-state index >= 15 is 0 Å². The van der Waals surface area contributed by atoms with Crippen LogP contribution in [0.25, 0.3) is 6.08 Å². The molecule has 2 aromatic rings. The van der Waals surface area contributed by atoms with E-state index < -0.39 is 23.7 Å². The number of aromatic hydroxyl groups is 1. The maximum Gasteiger partial charge on any atom is 0.308 e. The van der Waals surface area contributed by atoms with Gasteiger partial charge in [-0.05, 0) is 56.7 Å². The van der Waals surface area contributed by atoms with E-state index in [1.807, 2.05) is 19.9 Å². The molecular weight excluding hydrogens is 440 g/mol. The van der Waals surface area contributed by atoms with Crippen molar-refractivity contribution in [2.75, 3.05) is 0 Å². The lowest BCUT2D eigenvalue weighted by Gasteiger charge is -2.12. The van der Waals surface area contributed by atoms with Crippen LogP contribution in [0.15, 0.2) is 48.1 Å². The fraction of sp³-hybridized carbons (Fsp3) is 0.231. The minimum Gasteiger partial charge on any atom is -0.507 e. The van der Waals surface area contributed by atoms with E-state index in [-0.39, 0.29) is 35.0 Å². The Morgan fingerprint density at radius 1 is 0.824 bits per heavy atom. The molecule has 178 valence electrons. The van der Waals surface area contributed by atoms with Crippen LogP contribution in [0.3, 0.4) is 0 Å². The van der Waals surface area contributed by atoms with Crippen LogP contribution in [0.1, 0.15) is 56.1 Å². The molecule has 2 aromatic carbocycles. The number of rotatable bonds is 8. The van der Waals surface area contributed by atoms with Crippen molar-refractivity contribution < 1.29 is 38.5 Å². The number of benzene rings is 2. The van der Waals surface area contributed by atoms with E-state index in [0.29, 0.717) is 11.1 Å². The van der Waals surface area contributed by atoms with Crippen molar-refractivity contribution >= 4 is 29.8 Å². The smallest absolute Gasteiger partial charge is 0.308 e. The van der Waals surface area contributed by atoms with Gasteiger partial charge in [0.05, 0.1) is 5.56 Å². The molecule has 8 heteroatoms. The highest BCUT2D eigenvalue weighted by molar-refractivity contribution is 6.09. The fourth-order valence-corrected chi connectivity index (χ4v) is 2.95. The van der Waals surface area contributed by atoms with Gasteiger partial charge in [0.15, 0.2) is 5.78 Å². The van der Waals surface area contributed by atoms with Gasteiger partial charge < -0.3 is 19.3 Å². The number of ether oxygens (including phenoxy) is 3. The molecule has 0 saturated carbocycles. The molecule has 0 saturated heterocycles. The van der Waals surface area contributed by atoms with Crippen LogP contribution in [-0.4, -0.2) is 28.8 Å². The number of ketones is 1. The van der Waals surface area contributed by atoms with Gasteiger partial charge >= 0.3 is 17.9 Å². The molecule has 0 aliphatic rings. The number of hydrogen-bond donors (Lipinski definition) is 1. The van der Waals surface area contributed by atoms with Crippen molar-refractivity contribution in [1.82, 2.24) is 0 Å². The molecule has 0 atom stereocenters. The molecule has 0 radical (unpaired) electrons. The number of phenolic OH excluding ortho intramolecular Hbond substituents is 1. The molecule has 1 N–H and O–H groups in total. The number of allylic oxidation sites excluding steroid dienone is 3. The normalized spacial score (nSPS) is 10.5. The number of phenols is 1. The van der Waals surface area contributed by atoms with Gasteiger partial charge in [0, 0.05) is 38.0 Å². The van der Waals surface area contributed by atoms with Crippen LogP contribution in [0.2, 0.25) is 0 Å². The summed E-state index contributed by atoms with van der Waals surface area (Å²) in [5.74, 6) is -2.07. The number of carbonyl (C=O) groups is 4. The minimum atomic E-state index is -0.594. The highest BCUT2D eigenvalue weighted by Crippen LogP contribution is 2.34. The lowest BCUT2D eigenvalue weighted by molar-refractivity contribution is -0.133. The second-order valence-corrected chi connectivity index (χ2v) is 7.60. The van der Waals surface area contributed by atoms with Crippen LogP contribution in [0.5, 0.6) is 23.0 Å². The number of carbonyl (C=O) groups excluding carboxylic acids is 4. The van der Waals surface area contributed by atoms with E-state index in [2.05, 4.69) is 0 Å². The molecule has 0 amide bonds. The van der Waals surface area contributed by atoms with Gasteiger partial charge in [-0.3, -0.25) is 19.2 Å². The lowest BCUT2D eigenvalue weighted by atomic mass is 10.00. The minimum absolute atomic E-state index is 0.00915. The van der Waals surface area contributed by atoms with Crippen molar-refractivity contribution in [2.45, 2.75) is 41.0 Å². The molecule has 0 aliphatic heterocycles. The van der Waals surface area contributed by atoms with Gasteiger partial charge in [0.25, 0.3) is 0 Å². The van der Waals surface area contributed by atoms with Gasteiger partial charge in [0.1, 0.15) is 23.0 Å². The molecule has 0 unspecified atom stereocenters. The highest BCUT2D eigenvalue weighted by atomic mass is 16.5. The number of hydrogen-bond acceptors (Lipinski definition) is 8. The van der Waals surface area contributed by atoms with Gasteiger partial charge in [-0.25, -0.2) is 0 Å². The molecule has 34 heavy (non-hydrogen) atoms. The topological polar surface area (TPSA) is 116 Å². The van der Waals surface area contributed by atoms with E-state index in [1.54, 1.807) is 0 Å². The first-order valence-electron chi connectivity index (χ1n) is 10.4. The summed E-state index contributed by atoms with van der Waals surface area (Å²) in [5.41, 5.74) is 1.68. The zero-order valence-electron chi connectivity index (χ0n) is 19.6. The van der Waals surface area contributed by atoms with Crippen molar-refractivity contribution in [3.63, 3.8) is 0 Å². The summed E-state index contributed by atoms with van der Waals surface area (Å²) >= 11 is 0. The third-order valence-corrected chi connectivity index (χ3v) is 4.39. The Hall–Kier alpha value is -4.20. The fourth-order valence-electron chi connectivity index (χ4n) is 2.95. The van der Waals surface area contributed by atoms with Crippen molar-refractivity contribution in [3.05, 3.63) is 64.7 Å². The average Bonchev–Trinajstić information content (AvgIpc) is 2.71. The maximum absolute atomic E-state index is 12.9. The third kappa shape index (κ3) is 7.44. The Kier molecular flexibility index (Phi) is 8.89. The Morgan fingerprint density at radius 2 is 1.44 bits per heavy atom. The predicted molar refractivity (Wildman–Crippen MR) is 125 cm³/mol. The maximum atomic E-state index is 12.9. The summed E-state index contributed by atoms with van der Waals surface area (Å²) in [6.45, 7) is 7.47. The molecule has 0 heterocycles. The van der Waals surface area contributed by atoms with Crippen LogP contribution in [-0.2, 0) is 20.8 Å². The summed E-state index contributed by atoms with van der Waals surface area (Å²) in [4.78, 5) is 46.9. The van der Waals surface area contributed by atoms with E-state index in [0.717, 1.165) is 5.57 Å². The van der Waals surface area contributed by atoms with Crippen LogP contribution in [0, 0.1) is 0 Å². The van der Waals surface area contributed by atoms with E-state index in [9.17, 15) is 24.3 Å². The quantitative estimate of drug-likeness (QED) is 0.198. The molecule has 2 rings (SSSR count). The van der Waals surface area contributed by atoms with Crippen molar-refractivity contribution in [2.24, 2.45) is 0 Å². The zero-order chi connectivity index (χ0) is 25.4. The van der Waals surface area contributed by atoms with Gasteiger partial charge in [-0.15, -0.1) is 0 Å². The Morgan fingerprint density at radius 3 is 2.03 bits per heavy atom. The first-order chi connectivity index (χ1) is 16.0. The average molecular weight is 466 g/mol. The summed E-state index contributed by atoms with van der Waals surface area (Å²) in [7, 11) is 0. The molecule has 0 aromatic heterocycles. The third-order valence-electron chi connectivity index (χ3n) is 4.39. The Labute approximate surface area is 197 Å². The second kappa shape index (κ2) is 11.6. The lowest BCUT2D eigenvalue weighted by Crippen LogP contribution is -2.06. The second-order valence-electron chi connectivity index (χ2n) is 7.60. The number of esters is 3. The summed E-state index contributed by atoms with van der Waals surface area (Å²) < 4.78 is 15.3. The SMILES string of the molecule is CC(=O)Oc1ccc(/C=C/C(=O)c2ccc(OC(C)=O)c(CC=C(C)C)c2O)c(OC(C)=O)c1. The Balaban J connectivity index is 2.42. The Bertz CT molecular complexity index is 1180. The standard InChI is InChI=1S/C26H26O8/c1-15(2)6-10-22-24(33-17(4)28)13-11-21(26(22)31)23(30)12-8-19-7-9-20(32-16(3)27)14-25(19)34-18(5)29/h6-9,11-14,31H,10H2,1-5H3/b12-8+. The largest absolute Gasteiger partial charge is 0.507 e. The van der Waals surface area contributed by atoms with Crippen LogP contribution in [0.4, 0.5) is 0 Å². The molecule has 0 fully saturated rings. The van der Waals surface area contributed by atoms with Crippen LogP contribution >= 0.6 is 0 Å². The molecule has 8 nitrogen and oxygen atoms in total.